The van der Waals surface area contributed by atoms with Gasteiger partial charge in [-0.2, -0.15) is 0 Å². The van der Waals surface area contributed by atoms with Gasteiger partial charge < -0.3 is 1.43 Å². The van der Waals surface area contributed by atoms with Crippen LogP contribution in [0.25, 0.3) is 0 Å². The standard InChI is InChI=1S/C3H8.Na.H/c1-3-2;;/h3H2,1-2H3;;/q;+1;-1. The fourth-order valence-electron chi connectivity index (χ4n) is 0. The van der Waals surface area contributed by atoms with Gasteiger partial charge in [0.25, 0.3) is 0 Å². The molecular weight excluding hydrogens is 59.0 g/mol. The molecule has 4 heavy (non-hydrogen) atoms. The van der Waals surface area contributed by atoms with Crippen molar-refractivity contribution in [3.8, 4) is 0 Å². The molecule has 22 valence electrons. The largest absolute Gasteiger partial charge is 1.00 e. The summed E-state index contributed by atoms with van der Waals surface area (Å²) in [5.41, 5.74) is 0. The fourth-order valence-corrected chi connectivity index (χ4v) is 0. The molecule has 0 saturated carbocycles. The molecule has 0 aliphatic carbocycles. The van der Waals surface area contributed by atoms with Gasteiger partial charge in [-0.3, -0.25) is 0 Å². The molecule has 1 heteroatoms. The molecule has 0 aliphatic heterocycles. The smallest absolute Gasteiger partial charge is 1.00 e. The Kier molecular flexibility index (Phi) is 20.0. The minimum Gasteiger partial charge on any atom is -1.00 e. The van der Waals surface area contributed by atoms with Crippen LogP contribution in [0.1, 0.15) is 21.7 Å². The first kappa shape index (κ1) is 8.89. The van der Waals surface area contributed by atoms with E-state index < -0.39 is 0 Å². The van der Waals surface area contributed by atoms with Crippen LogP contribution < -0.4 is 29.6 Å². The van der Waals surface area contributed by atoms with E-state index in [1.54, 1.807) is 0 Å². The maximum Gasteiger partial charge on any atom is 1.00 e. The molecule has 0 amide bonds. The maximum atomic E-state index is 2.12. The molecule has 0 nitrogen and oxygen atoms in total. The van der Waals surface area contributed by atoms with Gasteiger partial charge in [0.05, 0.1) is 0 Å². The van der Waals surface area contributed by atoms with Crippen LogP contribution >= 0.6 is 0 Å². The Hall–Kier alpha value is 1.00. The van der Waals surface area contributed by atoms with E-state index in [1.807, 2.05) is 0 Å². The second-order valence-electron chi connectivity index (χ2n) is 0.707. The first-order valence-electron chi connectivity index (χ1n) is 1.41. The van der Waals surface area contributed by atoms with Crippen molar-refractivity contribution in [2.45, 2.75) is 20.3 Å². The topological polar surface area (TPSA) is 0 Å². The van der Waals surface area contributed by atoms with Gasteiger partial charge in [0.1, 0.15) is 0 Å². The van der Waals surface area contributed by atoms with Crippen LogP contribution in [-0.4, -0.2) is 0 Å². The Morgan fingerprint density at radius 2 is 1.50 bits per heavy atom. The first-order chi connectivity index (χ1) is 1.41. The molecule has 0 unspecified atom stereocenters. The summed E-state index contributed by atoms with van der Waals surface area (Å²) in [4.78, 5) is 0. The predicted octanol–water partition coefficient (Wildman–Crippen LogP) is -1.47. The molecular formula is C3H9Na. The van der Waals surface area contributed by atoms with Crippen molar-refractivity contribution in [2.75, 3.05) is 0 Å². The quantitative estimate of drug-likeness (QED) is 0.304. The van der Waals surface area contributed by atoms with E-state index in [1.165, 1.54) is 6.42 Å². The monoisotopic (exact) mass is 68.1 g/mol. The Morgan fingerprint density at radius 3 is 1.50 bits per heavy atom. The zero-order valence-electron chi connectivity index (χ0n) is 4.71. The summed E-state index contributed by atoms with van der Waals surface area (Å²) >= 11 is 0. The van der Waals surface area contributed by atoms with Crippen molar-refractivity contribution >= 4 is 0 Å². The molecule has 0 aromatic heterocycles. The molecule has 0 fully saturated rings. The van der Waals surface area contributed by atoms with Gasteiger partial charge >= 0.3 is 29.6 Å². The molecule has 0 bridgehead atoms. The molecule has 0 aromatic rings. The Bertz CT molecular complexity index is 6.85. The van der Waals surface area contributed by atoms with Crippen molar-refractivity contribution < 1.29 is 31.0 Å². The minimum atomic E-state index is 0. The van der Waals surface area contributed by atoms with E-state index in [2.05, 4.69) is 13.8 Å². The molecule has 0 heterocycles. The molecule has 0 aliphatic rings. The van der Waals surface area contributed by atoms with Crippen LogP contribution in [0.15, 0.2) is 0 Å². The molecule has 0 N–H and O–H groups in total. The Balaban J connectivity index is -0.0000000200. The molecule has 0 saturated heterocycles. The summed E-state index contributed by atoms with van der Waals surface area (Å²) in [5, 5.41) is 0. The number of hydrogen-bond donors (Lipinski definition) is 0. The van der Waals surface area contributed by atoms with Crippen molar-refractivity contribution in [3.05, 3.63) is 0 Å². The average molecular weight is 68.1 g/mol. The first-order valence-corrected chi connectivity index (χ1v) is 1.41. The average Bonchev–Trinajstić information content (AvgIpc) is 0.918. The van der Waals surface area contributed by atoms with Gasteiger partial charge in [-0.1, -0.05) is 20.3 Å². The van der Waals surface area contributed by atoms with Crippen LogP contribution in [0, 0.1) is 0 Å². The van der Waals surface area contributed by atoms with Crippen LogP contribution in [-0.2, 0) is 0 Å². The summed E-state index contributed by atoms with van der Waals surface area (Å²) in [6.45, 7) is 4.25. The third-order valence-electron chi connectivity index (χ3n) is 0. The van der Waals surface area contributed by atoms with Crippen LogP contribution in [0.5, 0.6) is 0 Å². The third-order valence-corrected chi connectivity index (χ3v) is 0. The second kappa shape index (κ2) is 9.00. The third kappa shape index (κ3) is 12.0. The van der Waals surface area contributed by atoms with Gasteiger partial charge in [-0.15, -0.1) is 0 Å². The van der Waals surface area contributed by atoms with E-state index in [4.69, 9.17) is 0 Å². The van der Waals surface area contributed by atoms with Crippen molar-refractivity contribution in [2.24, 2.45) is 0 Å². The van der Waals surface area contributed by atoms with Crippen molar-refractivity contribution in [3.63, 3.8) is 0 Å². The Labute approximate surface area is 51.4 Å². The van der Waals surface area contributed by atoms with E-state index in [0.29, 0.717) is 0 Å². The second-order valence-corrected chi connectivity index (χ2v) is 0.707. The molecule has 0 rings (SSSR count). The normalized spacial score (nSPS) is 4.50. The molecule has 0 atom stereocenters. The summed E-state index contributed by atoms with van der Waals surface area (Å²) in [5.74, 6) is 0. The van der Waals surface area contributed by atoms with Crippen LogP contribution in [0.2, 0.25) is 0 Å². The van der Waals surface area contributed by atoms with Gasteiger partial charge in [0, 0.05) is 0 Å². The van der Waals surface area contributed by atoms with Crippen LogP contribution in [0.3, 0.4) is 0 Å². The summed E-state index contributed by atoms with van der Waals surface area (Å²) in [6, 6.07) is 0. The van der Waals surface area contributed by atoms with E-state index in [-0.39, 0.29) is 31.0 Å². The van der Waals surface area contributed by atoms with Gasteiger partial charge in [-0.05, 0) is 0 Å². The van der Waals surface area contributed by atoms with E-state index in [0.717, 1.165) is 0 Å². The van der Waals surface area contributed by atoms with Gasteiger partial charge in [-0.25, -0.2) is 0 Å². The summed E-state index contributed by atoms with van der Waals surface area (Å²) < 4.78 is 0. The van der Waals surface area contributed by atoms with Crippen molar-refractivity contribution in [1.82, 2.24) is 0 Å². The zero-order chi connectivity index (χ0) is 2.71. The Morgan fingerprint density at radius 1 is 1.50 bits per heavy atom. The van der Waals surface area contributed by atoms with Gasteiger partial charge in [0.2, 0.25) is 0 Å². The number of rotatable bonds is 0. The summed E-state index contributed by atoms with van der Waals surface area (Å²) in [6.07, 6.45) is 1.25. The number of hydrogen-bond acceptors (Lipinski definition) is 0. The molecule has 0 aromatic carbocycles. The summed E-state index contributed by atoms with van der Waals surface area (Å²) in [7, 11) is 0. The van der Waals surface area contributed by atoms with Crippen molar-refractivity contribution in [1.29, 1.82) is 0 Å². The predicted molar refractivity (Wildman–Crippen MR) is 17.1 cm³/mol. The maximum absolute atomic E-state index is 2.12. The van der Waals surface area contributed by atoms with E-state index in [9.17, 15) is 0 Å². The SMILES string of the molecule is CCC.[H-].[Na+]. The van der Waals surface area contributed by atoms with Crippen LogP contribution in [0.4, 0.5) is 0 Å². The van der Waals surface area contributed by atoms with Gasteiger partial charge in [0.15, 0.2) is 0 Å². The minimum absolute atomic E-state index is 0. The molecule has 0 radical (unpaired) electrons. The zero-order valence-corrected chi connectivity index (χ0v) is 5.71. The molecule has 0 spiro atoms. The van der Waals surface area contributed by atoms with E-state index >= 15 is 0 Å². The fraction of sp³-hybridized carbons (Fsp3) is 1.00.